The maximum absolute atomic E-state index is 7.34. The number of benzene rings is 10. The molecule has 12 aromatic rings. The summed E-state index contributed by atoms with van der Waals surface area (Å²) in [6.45, 7) is 11.1. The number of ether oxygens (including phenoxy) is 1. The summed E-state index contributed by atoms with van der Waals surface area (Å²) in [6.07, 6.45) is 2.00. The minimum atomic E-state index is -0.241. The van der Waals surface area contributed by atoms with E-state index in [-0.39, 0.29) is 26.5 Å². The maximum Gasteiger partial charge on any atom is 0.135 e. The summed E-state index contributed by atoms with van der Waals surface area (Å²) in [7, 11) is 0. The van der Waals surface area contributed by atoms with E-state index in [1.54, 1.807) is 0 Å². The van der Waals surface area contributed by atoms with Crippen LogP contribution in [0.25, 0.3) is 83.3 Å². The van der Waals surface area contributed by atoms with Gasteiger partial charge in [0.2, 0.25) is 0 Å². The SMILES string of the molecule is Cc1cc(-n2c3[c-]c(Oc4[c-]c(N5[CH-]N(c6c(-c7ccccc7)cccc6-c6ccccc6)c6ccccc65)cc(C(C)(C)C)c4)c(-c4ccccc4)cc3c3cc(-c4ccccc4)ccc32)ncc1-c1ccccc1.[Pt]. The first-order valence-electron chi connectivity index (χ1n) is 25.9. The van der Waals surface area contributed by atoms with Gasteiger partial charge in [0.25, 0.3) is 0 Å². The molecule has 1 aliphatic rings. The molecule has 0 aliphatic carbocycles. The summed E-state index contributed by atoms with van der Waals surface area (Å²) in [5, 5.41) is 2.15. The molecule has 3 heterocycles. The van der Waals surface area contributed by atoms with Crippen molar-refractivity contribution < 1.29 is 25.8 Å². The average Bonchev–Trinajstić information content (AvgIpc) is 4.18. The largest absolute Gasteiger partial charge is 0.509 e. The van der Waals surface area contributed by atoms with Gasteiger partial charge in [-0.3, -0.25) is 0 Å². The van der Waals surface area contributed by atoms with Crippen LogP contribution in [0.2, 0.25) is 0 Å². The Labute approximate surface area is 465 Å². The van der Waals surface area contributed by atoms with Crippen LogP contribution in [0.1, 0.15) is 31.9 Å². The fourth-order valence-corrected chi connectivity index (χ4v) is 10.8. The Kier molecular flexibility index (Phi) is 13.0. The number of pyridine rings is 1. The topological polar surface area (TPSA) is 33.5 Å². The third-order valence-corrected chi connectivity index (χ3v) is 14.6. The molecule has 376 valence electrons. The standard InChI is InChI=1S/C71H53N4O.Pt/c1-48-39-69(72-46-63(48)53-31-18-9-19-32-53)75-64-38-37-54(49-23-10-5-11-24-49)40-61(64)62-44-60(52-29-16-8-17-30-52)68(45-67(62)75)76-57-42-55(71(2,3)4)41-56(43-57)73-47-74(66-36-21-20-35-65(66)73)70-58(50-25-12-6-13-26-50)33-22-34-59(70)51-27-14-7-15-28-51;/h5-42,44,46-47H,1-4H3;/q-3;. The molecule has 0 atom stereocenters. The zero-order chi connectivity index (χ0) is 51.3. The van der Waals surface area contributed by atoms with Gasteiger partial charge in [-0.2, -0.15) is 6.07 Å². The van der Waals surface area contributed by atoms with Gasteiger partial charge in [0.1, 0.15) is 5.82 Å². The van der Waals surface area contributed by atoms with E-state index in [1.165, 1.54) is 0 Å². The molecule has 13 rings (SSSR count). The van der Waals surface area contributed by atoms with Crippen molar-refractivity contribution in [2.24, 2.45) is 0 Å². The first-order chi connectivity index (χ1) is 37.2. The zero-order valence-corrected chi connectivity index (χ0v) is 45.5. The Hall–Kier alpha value is -8.76. The second-order valence-electron chi connectivity index (χ2n) is 20.5. The smallest absolute Gasteiger partial charge is 0.135 e. The zero-order valence-electron chi connectivity index (χ0n) is 43.2. The maximum atomic E-state index is 7.34. The van der Waals surface area contributed by atoms with Crippen LogP contribution in [0.4, 0.5) is 22.7 Å². The van der Waals surface area contributed by atoms with Crippen molar-refractivity contribution in [3.63, 3.8) is 0 Å². The van der Waals surface area contributed by atoms with E-state index in [9.17, 15) is 0 Å². The van der Waals surface area contributed by atoms with E-state index >= 15 is 0 Å². The number of hydrogen-bond acceptors (Lipinski definition) is 4. The van der Waals surface area contributed by atoms with E-state index in [1.807, 2.05) is 12.3 Å². The van der Waals surface area contributed by atoms with Crippen molar-refractivity contribution in [2.45, 2.75) is 33.1 Å². The average molecular weight is 1170 g/mol. The molecule has 0 N–H and O–H groups in total. The summed E-state index contributed by atoms with van der Waals surface area (Å²) in [5.41, 5.74) is 19.0. The van der Waals surface area contributed by atoms with Gasteiger partial charge in [0.05, 0.1) is 0 Å². The monoisotopic (exact) mass is 1170 g/mol. The van der Waals surface area contributed by atoms with E-state index < -0.39 is 0 Å². The number of aryl methyl sites for hydroxylation is 1. The van der Waals surface area contributed by atoms with Crippen LogP contribution in [0.3, 0.4) is 0 Å². The van der Waals surface area contributed by atoms with Crippen LogP contribution in [0.15, 0.2) is 243 Å². The Bertz CT molecular complexity index is 4040. The number of hydrogen-bond donors (Lipinski definition) is 0. The predicted molar refractivity (Wildman–Crippen MR) is 315 cm³/mol. The van der Waals surface area contributed by atoms with Crippen LogP contribution in [-0.4, -0.2) is 9.55 Å². The molecular formula is C71H53N4OPt-3. The fourth-order valence-electron chi connectivity index (χ4n) is 10.8. The van der Waals surface area contributed by atoms with Gasteiger partial charge in [0.15, 0.2) is 0 Å². The number of nitrogens with zero attached hydrogens (tertiary/aromatic N) is 4. The van der Waals surface area contributed by atoms with Crippen molar-refractivity contribution >= 4 is 44.6 Å². The molecule has 0 amide bonds. The summed E-state index contributed by atoms with van der Waals surface area (Å²) < 4.78 is 9.58. The van der Waals surface area contributed by atoms with Crippen LogP contribution in [0.5, 0.6) is 11.5 Å². The van der Waals surface area contributed by atoms with Gasteiger partial charge >= 0.3 is 0 Å². The number of rotatable bonds is 10. The molecule has 0 saturated heterocycles. The van der Waals surface area contributed by atoms with E-state index in [2.05, 4.69) is 291 Å². The van der Waals surface area contributed by atoms with Crippen molar-refractivity contribution in [2.75, 3.05) is 9.80 Å². The number of para-hydroxylation sites is 3. The molecule has 0 saturated carbocycles. The van der Waals surface area contributed by atoms with Crippen LogP contribution in [0, 0.1) is 25.7 Å². The second kappa shape index (κ2) is 20.4. The van der Waals surface area contributed by atoms with E-state index in [0.29, 0.717) is 11.5 Å². The van der Waals surface area contributed by atoms with Gasteiger partial charge < -0.3 is 19.1 Å². The Morgan fingerprint density at radius 1 is 0.468 bits per heavy atom. The van der Waals surface area contributed by atoms with Crippen LogP contribution < -0.4 is 14.5 Å². The molecule has 77 heavy (non-hydrogen) atoms. The Morgan fingerprint density at radius 3 is 1.57 bits per heavy atom. The van der Waals surface area contributed by atoms with Crippen molar-refractivity contribution in [3.8, 4) is 73.0 Å². The summed E-state index contributed by atoms with van der Waals surface area (Å²) in [5.74, 6) is 1.98. The Balaban J connectivity index is 0.00000596. The first kappa shape index (κ1) is 49.1. The van der Waals surface area contributed by atoms with Crippen LogP contribution >= 0.6 is 0 Å². The number of anilines is 4. The number of fused-ring (bicyclic) bond motifs is 4. The molecular weight excluding hydrogens is 1120 g/mol. The van der Waals surface area contributed by atoms with Crippen molar-refractivity contribution in [1.29, 1.82) is 0 Å². The molecule has 0 bridgehead atoms. The van der Waals surface area contributed by atoms with E-state index in [0.717, 1.165) is 117 Å². The molecule has 2 aromatic heterocycles. The molecule has 6 heteroatoms. The second-order valence-corrected chi connectivity index (χ2v) is 20.5. The third-order valence-electron chi connectivity index (χ3n) is 14.6. The summed E-state index contributed by atoms with van der Waals surface area (Å²) in [6, 6.07) is 91.5. The Morgan fingerprint density at radius 2 is 1.00 bits per heavy atom. The molecule has 5 nitrogen and oxygen atoms in total. The molecule has 0 spiro atoms. The quantitative estimate of drug-likeness (QED) is 0.128. The van der Waals surface area contributed by atoms with Crippen LogP contribution in [-0.2, 0) is 26.5 Å². The molecule has 0 radical (unpaired) electrons. The fraction of sp³-hybridized carbons (Fsp3) is 0.0704. The van der Waals surface area contributed by atoms with Gasteiger partial charge in [0, 0.05) is 78.0 Å². The first-order valence-corrected chi connectivity index (χ1v) is 25.9. The van der Waals surface area contributed by atoms with Crippen molar-refractivity contribution in [3.05, 3.63) is 273 Å². The number of aromatic nitrogens is 2. The van der Waals surface area contributed by atoms with Gasteiger partial charge in [-0.1, -0.05) is 232 Å². The molecule has 10 aromatic carbocycles. The van der Waals surface area contributed by atoms with Gasteiger partial charge in [-0.15, -0.1) is 47.6 Å². The minimum Gasteiger partial charge on any atom is -0.509 e. The van der Waals surface area contributed by atoms with E-state index in [4.69, 9.17) is 9.72 Å². The predicted octanol–water partition coefficient (Wildman–Crippen LogP) is 18.9. The van der Waals surface area contributed by atoms with Crippen molar-refractivity contribution in [1.82, 2.24) is 9.55 Å². The third kappa shape index (κ3) is 9.21. The molecule has 0 fully saturated rings. The summed E-state index contributed by atoms with van der Waals surface area (Å²) >= 11 is 0. The minimum absolute atomic E-state index is 0. The van der Waals surface area contributed by atoms with Gasteiger partial charge in [-0.25, -0.2) is 4.98 Å². The molecule has 1 aliphatic heterocycles. The normalized spacial score (nSPS) is 12.2. The van der Waals surface area contributed by atoms with Gasteiger partial charge in [-0.05, 0) is 75.4 Å². The summed E-state index contributed by atoms with van der Waals surface area (Å²) in [4.78, 5) is 9.81. The molecule has 0 unspecified atom stereocenters.